The van der Waals surface area contributed by atoms with Gasteiger partial charge in [-0.3, -0.25) is 15.0 Å². The Morgan fingerprint density at radius 2 is 1.48 bits per heavy atom. The monoisotopic (exact) mass is 309 g/mol. The Morgan fingerprint density at radius 3 is 1.96 bits per heavy atom. The average molecular weight is 309 g/mol. The number of rotatable bonds is 2. The molecule has 0 saturated heterocycles. The van der Waals surface area contributed by atoms with E-state index in [9.17, 15) is 9.59 Å². The van der Waals surface area contributed by atoms with Crippen molar-refractivity contribution in [1.82, 2.24) is 10.2 Å². The van der Waals surface area contributed by atoms with Crippen LogP contribution in [0, 0.1) is 0 Å². The topological polar surface area (TPSA) is 75.4 Å². The number of imide groups is 1. The zero-order valence-electron chi connectivity index (χ0n) is 13.0. The van der Waals surface area contributed by atoms with Crippen molar-refractivity contribution >= 4 is 11.9 Å². The van der Waals surface area contributed by atoms with Gasteiger partial charge in [-0.15, -0.1) is 0 Å². The first-order valence-electron chi connectivity index (χ1n) is 7.57. The smallest absolute Gasteiger partial charge is 0.318 e. The highest BCUT2D eigenvalue weighted by molar-refractivity contribution is 5.96. The molecule has 1 aliphatic heterocycles. The molecule has 5 nitrogen and oxygen atoms in total. The van der Waals surface area contributed by atoms with Gasteiger partial charge in [-0.1, -0.05) is 48.5 Å². The Morgan fingerprint density at radius 1 is 1.00 bits per heavy atom. The summed E-state index contributed by atoms with van der Waals surface area (Å²) in [5.74, 6) is -0.380. The van der Waals surface area contributed by atoms with Crippen molar-refractivity contribution in [1.29, 1.82) is 0 Å². The molecule has 1 aliphatic rings. The number of nitrogens with two attached hydrogens (primary N) is 1. The second-order valence-corrected chi connectivity index (χ2v) is 5.75. The fourth-order valence-corrected chi connectivity index (χ4v) is 3.00. The van der Waals surface area contributed by atoms with Crippen LogP contribution in [0.3, 0.4) is 0 Å². The maximum Gasteiger partial charge on any atom is 0.318 e. The molecule has 2 aromatic rings. The maximum atomic E-state index is 12.1. The van der Waals surface area contributed by atoms with Crippen molar-refractivity contribution in [3.8, 4) is 11.1 Å². The minimum atomic E-state index is -0.822. The first-order valence-corrected chi connectivity index (χ1v) is 7.57. The van der Waals surface area contributed by atoms with Crippen LogP contribution in [0.15, 0.2) is 48.5 Å². The van der Waals surface area contributed by atoms with Gasteiger partial charge in [0.2, 0.25) is 5.91 Å². The Kier molecular flexibility index (Phi) is 4.12. The summed E-state index contributed by atoms with van der Waals surface area (Å²) in [6.45, 7) is 3.06. The van der Waals surface area contributed by atoms with E-state index in [0.717, 1.165) is 11.1 Å². The predicted octanol–water partition coefficient (Wildman–Crippen LogP) is 2.25. The number of carbonyl (C=O) groups excluding carboxylic acids is 2. The van der Waals surface area contributed by atoms with Gasteiger partial charge in [-0.25, -0.2) is 4.79 Å². The Bertz CT molecular complexity index is 710. The van der Waals surface area contributed by atoms with Gasteiger partial charge in [0.25, 0.3) is 0 Å². The fourth-order valence-electron chi connectivity index (χ4n) is 3.00. The molecule has 3 N–H and O–H groups in total. The van der Waals surface area contributed by atoms with Gasteiger partial charge in [0.05, 0.1) is 6.04 Å². The largest absolute Gasteiger partial charge is 0.351 e. The molecular formula is C18H19N3O2. The second-order valence-electron chi connectivity index (χ2n) is 5.75. The third-order valence-electron chi connectivity index (χ3n) is 4.25. The summed E-state index contributed by atoms with van der Waals surface area (Å²) in [6.07, 6.45) is 0. The van der Waals surface area contributed by atoms with Crippen molar-refractivity contribution in [2.24, 2.45) is 5.73 Å². The Hall–Kier alpha value is -2.66. The number of primary amides is 1. The minimum absolute atomic E-state index is 0.380. The summed E-state index contributed by atoms with van der Waals surface area (Å²) in [6, 6.07) is 15.1. The van der Waals surface area contributed by atoms with E-state index < -0.39 is 12.1 Å². The van der Waals surface area contributed by atoms with Crippen molar-refractivity contribution < 1.29 is 9.59 Å². The molecule has 0 unspecified atom stereocenters. The lowest BCUT2D eigenvalue weighted by Gasteiger charge is -2.26. The molecule has 1 heterocycles. The van der Waals surface area contributed by atoms with Crippen LogP contribution in [0.5, 0.6) is 0 Å². The standard InChI is InChI=1S/C18H19N3O2/c1-12(17(22)20-18(19)23)21-10-13-6-2-4-8-15(13)16-9-5-3-7-14(16)11-21/h2-9,12H,10-11H2,1H3,(H3,19,20,22,23)/t12-/m0/s1. The molecule has 3 amide bonds. The summed E-state index contributed by atoms with van der Waals surface area (Å²) in [5.41, 5.74) is 9.76. The van der Waals surface area contributed by atoms with E-state index in [-0.39, 0.29) is 5.91 Å². The highest BCUT2D eigenvalue weighted by Crippen LogP contribution is 2.33. The van der Waals surface area contributed by atoms with Crippen molar-refractivity contribution in [3.05, 3.63) is 59.7 Å². The van der Waals surface area contributed by atoms with E-state index in [4.69, 9.17) is 5.73 Å². The van der Waals surface area contributed by atoms with Gasteiger partial charge in [-0.05, 0) is 29.2 Å². The number of amides is 3. The lowest BCUT2D eigenvalue weighted by Crippen LogP contribution is -2.47. The van der Waals surface area contributed by atoms with E-state index in [1.807, 2.05) is 29.2 Å². The van der Waals surface area contributed by atoms with Crippen molar-refractivity contribution in [2.45, 2.75) is 26.1 Å². The third kappa shape index (κ3) is 3.10. The summed E-state index contributed by atoms with van der Waals surface area (Å²) >= 11 is 0. The highest BCUT2D eigenvalue weighted by Gasteiger charge is 2.26. The Balaban J connectivity index is 1.98. The maximum absolute atomic E-state index is 12.1. The summed E-state index contributed by atoms with van der Waals surface area (Å²) in [4.78, 5) is 25.1. The number of nitrogens with zero attached hydrogens (tertiary/aromatic N) is 1. The zero-order valence-corrected chi connectivity index (χ0v) is 13.0. The quantitative estimate of drug-likeness (QED) is 0.893. The van der Waals surface area contributed by atoms with Crippen LogP contribution in [0.2, 0.25) is 0 Å². The molecule has 1 atom stereocenters. The fraction of sp³-hybridized carbons (Fsp3) is 0.222. The van der Waals surface area contributed by atoms with Gasteiger partial charge in [0.1, 0.15) is 0 Å². The number of carbonyl (C=O) groups is 2. The van der Waals surface area contributed by atoms with Gasteiger partial charge < -0.3 is 5.73 Å². The molecule has 23 heavy (non-hydrogen) atoms. The van der Waals surface area contributed by atoms with Crippen LogP contribution in [-0.4, -0.2) is 22.9 Å². The van der Waals surface area contributed by atoms with E-state index in [1.54, 1.807) is 6.92 Å². The SMILES string of the molecule is C[C@@H](C(=O)NC(N)=O)N1Cc2ccccc2-c2ccccc2C1. The molecule has 118 valence electrons. The molecule has 0 fully saturated rings. The van der Waals surface area contributed by atoms with E-state index >= 15 is 0 Å². The molecule has 2 aromatic carbocycles. The van der Waals surface area contributed by atoms with Gasteiger partial charge in [0, 0.05) is 13.1 Å². The van der Waals surface area contributed by atoms with Crippen LogP contribution in [0.4, 0.5) is 4.79 Å². The van der Waals surface area contributed by atoms with Gasteiger partial charge in [-0.2, -0.15) is 0 Å². The molecule has 0 bridgehead atoms. The van der Waals surface area contributed by atoms with E-state index in [1.165, 1.54) is 11.1 Å². The van der Waals surface area contributed by atoms with Crippen LogP contribution < -0.4 is 11.1 Å². The molecule has 0 aromatic heterocycles. The molecule has 0 radical (unpaired) electrons. The summed E-state index contributed by atoms with van der Waals surface area (Å²) in [7, 11) is 0. The lowest BCUT2D eigenvalue weighted by molar-refractivity contribution is -0.125. The summed E-state index contributed by atoms with van der Waals surface area (Å²) in [5, 5.41) is 2.17. The number of hydrogen-bond donors (Lipinski definition) is 2. The van der Waals surface area contributed by atoms with Gasteiger partial charge in [0.15, 0.2) is 0 Å². The number of hydrogen-bond acceptors (Lipinski definition) is 3. The normalized spacial score (nSPS) is 15.0. The third-order valence-corrected chi connectivity index (χ3v) is 4.25. The molecule has 0 spiro atoms. The van der Waals surface area contributed by atoms with Crippen LogP contribution in [-0.2, 0) is 17.9 Å². The number of urea groups is 1. The van der Waals surface area contributed by atoms with Crippen molar-refractivity contribution in [2.75, 3.05) is 0 Å². The van der Waals surface area contributed by atoms with Gasteiger partial charge >= 0.3 is 6.03 Å². The Labute approximate surface area is 135 Å². The predicted molar refractivity (Wildman–Crippen MR) is 88.3 cm³/mol. The first kappa shape index (κ1) is 15.2. The summed E-state index contributed by atoms with van der Waals surface area (Å²) < 4.78 is 0. The molecule has 5 heteroatoms. The molecule has 0 saturated carbocycles. The number of fused-ring (bicyclic) bond motifs is 3. The average Bonchev–Trinajstić information content (AvgIpc) is 2.70. The number of benzene rings is 2. The number of nitrogens with one attached hydrogen (secondary N) is 1. The van der Waals surface area contributed by atoms with Crippen LogP contribution in [0.25, 0.3) is 11.1 Å². The lowest BCUT2D eigenvalue weighted by atomic mass is 9.97. The zero-order chi connectivity index (χ0) is 16.4. The van der Waals surface area contributed by atoms with E-state index in [0.29, 0.717) is 13.1 Å². The molecule has 0 aliphatic carbocycles. The van der Waals surface area contributed by atoms with Crippen LogP contribution >= 0.6 is 0 Å². The first-order chi connectivity index (χ1) is 11.1. The highest BCUT2D eigenvalue weighted by atomic mass is 16.2. The van der Waals surface area contributed by atoms with Crippen LogP contribution in [0.1, 0.15) is 18.1 Å². The minimum Gasteiger partial charge on any atom is -0.351 e. The van der Waals surface area contributed by atoms with E-state index in [2.05, 4.69) is 29.6 Å². The second kappa shape index (κ2) is 6.22. The van der Waals surface area contributed by atoms with Crippen molar-refractivity contribution in [3.63, 3.8) is 0 Å². The molecular weight excluding hydrogens is 290 g/mol. The molecule has 3 rings (SSSR count).